The monoisotopic (exact) mass is 364 g/mol. The molecule has 4 N–H and O–H groups in total. The molecule has 2 atom stereocenters. The van der Waals surface area contributed by atoms with Gasteiger partial charge in [0.2, 0.25) is 0 Å². The SMILES string of the molecule is O=C(O)CC[C@@]1(C(=O)O)NC[C@@H](c2ccccc2)c2c1[nH]c1ccccc21. The van der Waals surface area contributed by atoms with Gasteiger partial charge in [-0.15, -0.1) is 0 Å². The molecule has 1 aromatic heterocycles. The van der Waals surface area contributed by atoms with Crippen LogP contribution in [0.3, 0.4) is 0 Å². The second-order valence-electron chi connectivity index (χ2n) is 6.91. The second-order valence-corrected chi connectivity index (χ2v) is 6.91. The van der Waals surface area contributed by atoms with E-state index in [1.165, 1.54) is 0 Å². The second kappa shape index (κ2) is 6.55. The summed E-state index contributed by atoms with van der Waals surface area (Å²) < 4.78 is 0. The summed E-state index contributed by atoms with van der Waals surface area (Å²) >= 11 is 0. The third-order valence-electron chi connectivity index (χ3n) is 5.41. The number of hydrogen-bond acceptors (Lipinski definition) is 3. The summed E-state index contributed by atoms with van der Waals surface area (Å²) in [6.07, 6.45) is -0.261. The number of carboxylic acid groups (broad SMARTS) is 2. The molecule has 3 aromatic rings. The highest BCUT2D eigenvalue weighted by atomic mass is 16.4. The zero-order valence-corrected chi connectivity index (χ0v) is 14.6. The van der Waals surface area contributed by atoms with Crippen LogP contribution in [0.15, 0.2) is 54.6 Å². The predicted molar refractivity (Wildman–Crippen MR) is 101 cm³/mol. The van der Waals surface area contributed by atoms with Gasteiger partial charge in [0, 0.05) is 29.8 Å². The number of aliphatic carboxylic acids is 2. The molecule has 6 nitrogen and oxygen atoms in total. The van der Waals surface area contributed by atoms with E-state index in [0.29, 0.717) is 12.2 Å². The molecule has 1 aliphatic heterocycles. The van der Waals surface area contributed by atoms with Crippen molar-refractivity contribution in [3.63, 3.8) is 0 Å². The zero-order chi connectivity index (χ0) is 19.0. The molecule has 2 heterocycles. The van der Waals surface area contributed by atoms with Crippen LogP contribution in [0.25, 0.3) is 10.9 Å². The Labute approximate surface area is 155 Å². The number of benzene rings is 2. The molecule has 27 heavy (non-hydrogen) atoms. The Morgan fingerprint density at radius 1 is 1.04 bits per heavy atom. The maximum atomic E-state index is 12.3. The number of nitrogens with one attached hydrogen (secondary N) is 2. The van der Waals surface area contributed by atoms with Crippen molar-refractivity contribution in [2.75, 3.05) is 6.54 Å². The highest BCUT2D eigenvalue weighted by molar-refractivity contribution is 5.91. The molecule has 138 valence electrons. The van der Waals surface area contributed by atoms with E-state index in [1.807, 2.05) is 54.6 Å². The van der Waals surface area contributed by atoms with Crippen molar-refractivity contribution in [3.05, 3.63) is 71.4 Å². The van der Waals surface area contributed by atoms with Crippen LogP contribution in [0, 0.1) is 0 Å². The lowest BCUT2D eigenvalue weighted by molar-refractivity contribution is -0.147. The van der Waals surface area contributed by atoms with E-state index in [2.05, 4.69) is 10.3 Å². The molecule has 0 saturated carbocycles. The highest BCUT2D eigenvalue weighted by Gasteiger charge is 2.48. The molecule has 0 fully saturated rings. The average molecular weight is 364 g/mol. The Hall–Kier alpha value is -3.12. The quantitative estimate of drug-likeness (QED) is 0.557. The van der Waals surface area contributed by atoms with Crippen LogP contribution >= 0.6 is 0 Å². The number of aromatic amines is 1. The van der Waals surface area contributed by atoms with Crippen molar-refractivity contribution in [2.45, 2.75) is 24.3 Å². The lowest BCUT2D eigenvalue weighted by Gasteiger charge is -2.38. The van der Waals surface area contributed by atoms with Gasteiger partial charge in [-0.05, 0) is 23.6 Å². The van der Waals surface area contributed by atoms with Gasteiger partial charge < -0.3 is 15.2 Å². The third-order valence-corrected chi connectivity index (χ3v) is 5.41. The van der Waals surface area contributed by atoms with Gasteiger partial charge >= 0.3 is 11.9 Å². The van der Waals surface area contributed by atoms with Crippen molar-refractivity contribution in [2.24, 2.45) is 0 Å². The number of rotatable bonds is 5. The van der Waals surface area contributed by atoms with Crippen molar-refractivity contribution >= 4 is 22.8 Å². The number of carbonyl (C=O) groups is 2. The molecular formula is C21H20N2O4. The minimum absolute atomic E-state index is 0.0188. The van der Waals surface area contributed by atoms with Crippen LogP contribution in [0.5, 0.6) is 0 Å². The Kier molecular flexibility index (Phi) is 4.20. The van der Waals surface area contributed by atoms with E-state index in [0.717, 1.165) is 22.0 Å². The van der Waals surface area contributed by atoms with Gasteiger partial charge in [0.25, 0.3) is 0 Å². The van der Waals surface area contributed by atoms with Crippen molar-refractivity contribution < 1.29 is 19.8 Å². The lowest BCUT2D eigenvalue weighted by Crippen LogP contribution is -2.54. The summed E-state index contributed by atoms with van der Waals surface area (Å²) in [5, 5.41) is 23.3. The van der Waals surface area contributed by atoms with Gasteiger partial charge in [-0.3, -0.25) is 10.1 Å². The molecule has 0 unspecified atom stereocenters. The zero-order valence-electron chi connectivity index (χ0n) is 14.6. The van der Waals surface area contributed by atoms with Gasteiger partial charge in [-0.2, -0.15) is 0 Å². The van der Waals surface area contributed by atoms with Gasteiger partial charge in [0.15, 0.2) is 5.54 Å². The molecule has 0 saturated heterocycles. The maximum Gasteiger partial charge on any atom is 0.330 e. The fourth-order valence-electron chi connectivity index (χ4n) is 4.10. The maximum absolute atomic E-state index is 12.3. The third kappa shape index (κ3) is 2.78. The fraction of sp³-hybridized carbons (Fsp3) is 0.238. The van der Waals surface area contributed by atoms with E-state index in [-0.39, 0.29) is 18.8 Å². The van der Waals surface area contributed by atoms with Crippen LogP contribution in [-0.2, 0) is 15.1 Å². The first-order chi connectivity index (χ1) is 13.0. The predicted octanol–water partition coefficient (Wildman–Crippen LogP) is 3.05. The first-order valence-corrected chi connectivity index (χ1v) is 8.89. The van der Waals surface area contributed by atoms with E-state index in [4.69, 9.17) is 5.11 Å². The minimum atomic E-state index is -1.45. The molecule has 1 aliphatic rings. The van der Waals surface area contributed by atoms with Crippen LogP contribution in [-0.4, -0.2) is 33.7 Å². The normalized spacial score (nSPS) is 21.7. The molecule has 0 bridgehead atoms. The summed E-state index contributed by atoms with van der Waals surface area (Å²) in [5.41, 5.74) is 1.99. The van der Waals surface area contributed by atoms with Gasteiger partial charge in [-0.25, -0.2) is 4.79 Å². The summed E-state index contributed by atoms with van der Waals surface area (Å²) in [7, 11) is 0. The number of fused-ring (bicyclic) bond motifs is 3. The molecule has 0 spiro atoms. The summed E-state index contributed by atoms with van der Waals surface area (Å²) in [4.78, 5) is 26.7. The standard InChI is InChI=1S/C21H20N2O4/c24-17(25)10-11-21(20(26)27)19-18(14-8-4-5-9-16(14)23-19)15(12-22-21)13-6-2-1-3-7-13/h1-9,15,22-23H,10-12H2,(H,24,25)(H,26,27)/t15-,21+/m0/s1. The number of carboxylic acids is 2. The van der Waals surface area contributed by atoms with Crippen LogP contribution < -0.4 is 5.32 Å². The topological polar surface area (TPSA) is 102 Å². The Morgan fingerprint density at radius 3 is 2.44 bits per heavy atom. The van der Waals surface area contributed by atoms with Gasteiger partial charge in [0.05, 0.1) is 5.69 Å². The lowest BCUT2D eigenvalue weighted by atomic mass is 9.77. The summed E-state index contributed by atoms with van der Waals surface area (Å²) in [5.74, 6) is -2.10. The van der Waals surface area contributed by atoms with Crippen LogP contribution in [0.1, 0.15) is 35.6 Å². The Balaban J connectivity index is 1.94. The molecule has 0 amide bonds. The van der Waals surface area contributed by atoms with Crippen LogP contribution in [0.4, 0.5) is 0 Å². The van der Waals surface area contributed by atoms with Crippen molar-refractivity contribution in [3.8, 4) is 0 Å². The number of aromatic nitrogens is 1. The van der Waals surface area contributed by atoms with Gasteiger partial charge in [-0.1, -0.05) is 48.5 Å². The Bertz CT molecular complexity index is 1010. The number of para-hydroxylation sites is 1. The molecule has 0 radical (unpaired) electrons. The van der Waals surface area contributed by atoms with Gasteiger partial charge in [0.1, 0.15) is 0 Å². The number of hydrogen-bond donors (Lipinski definition) is 4. The number of H-pyrrole nitrogens is 1. The highest BCUT2D eigenvalue weighted by Crippen LogP contribution is 2.43. The Morgan fingerprint density at radius 2 is 1.74 bits per heavy atom. The van der Waals surface area contributed by atoms with Crippen LogP contribution in [0.2, 0.25) is 0 Å². The molecular weight excluding hydrogens is 344 g/mol. The van der Waals surface area contributed by atoms with E-state index in [1.54, 1.807) is 0 Å². The van der Waals surface area contributed by atoms with Crippen molar-refractivity contribution in [1.29, 1.82) is 0 Å². The average Bonchev–Trinajstić information content (AvgIpc) is 3.07. The van der Waals surface area contributed by atoms with Crippen molar-refractivity contribution in [1.82, 2.24) is 10.3 Å². The van der Waals surface area contributed by atoms with E-state index in [9.17, 15) is 14.7 Å². The van der Waals surface area contributed by atoms with E-state index < -0.39 is 17.5 Å². The summed E-state index contributed by atoms with van der Waals surface area (Å²) in [6, 6.07) is 17.7. The minimum Gasteiger partial charge on any atom is -0.481 e. The summed E-state index contributed by atoms with van der Waals surface area (Å²) in [6.45, 7) is 0.421. The molecule has 6 heteroatoms. The first-order valence-electron chi connectivity index (χ1n) is 8.89. The molecule has 0 aliphatic carbocycles. The fourth-order valence-corrected chi connectivity index (χ4v) is 4.10. The largest absolute Gasteiger partial charge is 0.481 e. The first kappa shape index (κ1) is 17.3. The smallest absolute Gasteiger partial charge is 0.330 e. The molecule has 2 aromatic carbocycles. The molecule has 4 rings (SSSR count). The van der Waals surface area contributed by atoms with E-state index >= 15 is 0 Å².